The van der Waals surface area contributed by atoms with Gasteiger partial charge in [-0.3, -0.25) is 10.1 Å². The van der Waals surface area contributed by atoms with Crippen LogP contribution in [0.3, 0.4) is 0 Å². The van der Waals surface area contributed by atoms with Gasteiger partial charge in [-0.1, -0.05) is 27.3 Å². The number of carbonyl (C=O) groups is 1. The van der Waals surface area contributed by atoms with Crippen LogP contribution < -0.4 is 15.7 Å². The van der Waals surface area contributed by atoms with E-state index in [0.717, 1.165) is 14.7 Å². The normalized spacial score (nSPS) is 11.0. The molecule has 1 amide bonds. The highest BCUT2D eigenvalue weighted by molar-refractivity contribution is 9.10. The van der Waals surface area contributed by atoms with Gasteiger partial charge in [-0.05, 0) is 43.3 Å². The third kappa shape index (κ3) is 3.58. The highest BCUT2D eigenvalue weighted by Crippen LogP contribution is 2.29. The van der Waals surface area contributed by atoms with E-state index in [1.54, 1.807) is 18.2 Å². The maximum Gasteiger partial charge on any atom is 0.349 e. The van der Waals surface area contributed by atoms with Crippen molar-refractivity contribution in [2.24, 2.45) is 0 Å². The monoisotopic (exact) mass is 444 g/mol. The smallest absolute Gasteiger partial charge is 0.349 e. The van der Waals surface area contributed by atoms with Crippen molar-refractivity contribution in [3.8, 4) is 5.75 Å². The molecule has 27 heavy (non-hydrogen) atoms. The van der Waals surface area contributed by atoms with Gasteiger partial charge in [0, 0.05) is 15.9 Å². The number of hydrogen-bond donors (Lipinski definition) is 1. The highest BCUT2D eigenvalue weighted by Gasteiger charge is 2.16. The van der Waals surface area contributed by atoms with Gasteiger partial charge in [0.25, 0.3) is 5.91 Å². The molecule has 0 saturated carbocycles. The molecule has 6 nitrogen and oxygen atoms in total. The van der Waals surface area contributed by atoms with Crippen LogP contribution in [0.4, 0.5) is 5.13 Å². The largest absolute Gasteiger partial charge is 0.494 e. The Bertz CT molecular complexity index is 1230. The summed E-state index contributed by atoms with van der Waals surface area (Å²) >= 11 is 4.73. The number of amides is 1. The Morgan fingerprint density at radius 1 is 1.26 bits per heavy atom. The van der Waals surface area contributed by atoms with Crippen molar-refractivity contribution in [1.29, 1.82) is 0 Å². The average molecular weight is 445 g/mol. The van der Waals surface area contributed by atoms with Crippen LogP contribution >= 0.6 is 27.3 Å². The Labute approximate surface area is 165 Å². The second-order valence-electron chi connectivity index (χ2n) is 5.67. The molecule has 2 heterocycles. The Morgan fingerprint density at radius 2 is 2.11 bits per heavy atom. The van der Waals surface area contributed by atoms with E-state index in [1.807, 2.05) is 25.1 Å². The lowest BCUT2D eigenvalue weighted by Crippen LogP contribution is -2.20. The van der Waals surface area contributed by atoms with E-state index in [4.69, 9.17) is 9.15 Å². The zero-order chi connectivity index (χ0) is 19.0. The number of benzene rings is 2. The van der Waals surface area contributed by atoms with E-state index >= 15 is 0 Å². The zero-order valence-electron chi connectivity index (χ0n) is 14.1. The fourth-order valence-corrected chi connectivity index (χ4v) is 4.04. The van der Waals surface area contributed by atoms with Gasteiger partial charge in [-0.15, -0.1) is 0 Å². The molecule has 0 atom stereocenters. The first-order chi connectivity index (χ1) is 13.0. The summed E-state index contributed by atoms with van der Waals surface area (Å²) in [6.45, 7) is 2.38. The second kappa shape index (κ2) is 7.13. The molecule has 4 rings (SSSR count). The molecule has 2 aromatic carbocycles. The SMILES string of the molecule is CCOc1ccc2cc(C(=O)Nc3nc4ccc(Br)cc4s3)c(=O)oc2c1. The summed E-state index contributed by atoms with van der Waals surface area (Å²) in [6, 6.07) is 12.3. The molecule has 4 aromatic rings. The van der Waals surface area contributed by atoms with Gasteiger partial charge < -0.3 is 9.15 Å². The third-order valence-corrected chi connectivity index (χ3v) is 5.26. The highest BCUT2D eigenvalue weighted by atomic mass is 79.9. The first kappa shape index (κ1) is 17.7. The summed E-state index contributed by atoms with van der Waals surface area (Å²) < 4.78 is 12.5. The molecule has 136 valence electrons. The van der Waals surface area contributed by atoms with Crippen LogP contribution in [0.2, 0.25) is 0 Å². The topological polar surface area (TPSA) is 81.4 Å². The van der Waals surface area contributed by atoms with Crippen LogP contribution in [0.15, 0.2) is 56.1 Å². The summed E-state index contributed by atoms with van der Waals surface area (Å²) in [5, 5.41) is 3.72. The Morgan fingerprint density at radius 3 is 2.93 bits per heavy atom. The number of fused-ring (bicyclic) bond motifs is 2. The van der Waals surface area contributed by atoms with E-state index in [9.17, 15) is 9.59 Å². The van der Waals surface area contributed by atoms with Gasteiger partial charge in [-0.2, -0.15) is 0 Å². The lowest BCUT2D eigenvalue weighted by atomic mass is 10.1. The number of thiazole rings is 1. The molecule has 0 saturated heterocycles. The summed E-state index contributed by atoms with van der Waals surface area (Å²) in [4.78, 5) is 29.2. The van der Waals surface area contributed by atoms with Crippen molar-refractivity contribution in [1.82, 2.24) is 4.98 Å². The van der Waals surface area contributed by atoms with Crippen LogP contribution in [-0.4, -0.2) is 17.5 Å². The fraction of sp³-hybridized carbons (Fsp3) is 0.105. The van der Waals surface area contributed by atoms with Crippen molar-refractivity contribution in [2.75, 3.05) is 11.9 Å². The molecule has 0 spiro atoms. The maximum absolute atomic E-state index is 12.6. The summed E-state index contributed by atoms with van der Waals surface area (Å²) in [7, 11) is 0. The molecule has 0 aliphatic heterocycles. The second-order valence-corrected chi connectivity index (χ2v) is 7.61. The standard InChI is InChI=1S/C19H13BrN2O4S/c1-2-25-12-5-3-10-7-13(18(24)26-15(10)9-12)17(23)22-19-21-14-6-4-11(20)8-16(14)27-19/h3-9H,2H2,1H3,(H,21,22,23). The number of anilines is 1. The molecule has 8 heteroatoms. The van der Waals surface area contributed by atoms with Crippen molar-refractivity contribution >= 4 is 59.5 Å². The summed E-state index contributed by atoms with van der Waals surface area (Å²) in [5.74, 6) is 0.0450. The molecule has 0 bridgehead atoms. The lowest BCUT2D eigenvalue weighted by molar-refractivity contribution is 0.102. The molecule has 2 aromatic heterocycles. The van der Waals surface area contributed by atoms with Crippen molar-refractivity contribution < 1.29 is 13.9 Å². The van der Waals surface area contributed by atoms with Crippen LogP contribution in [0, 0.1) is 0 Å². The van der Waals surface area contributed by atoms with E-state index < -0.39 is 11.5 Å². The van der Waals surface area contributed by atoms with Gasteiger partial charge in [0.2, 0.25) is 0 Å². The van der Waals surface area contributed by atoms with Gasteiger partial charge >= 0.3 is 5.63 Å². The molecule has 0 radical (unpaired) electrons. The van der Waals surface area contributed by atoms with Crippen LogP contribution in [0.25, 0.3) is 21.2 Å². The lowest BCUT2D eigenvalue weighted by Gasteiger charge is -2.05. The first-order valence-electron chi connectivity index (χ1n) is 8.11. The van der Waals surface area contributed by atoms with Crippen LogP contribution in [0.5, 0.6) is 5.75 Å². The predicted octanol–water partition coefficient (Wildman–Crippen LogP) is 4.82. The molecule has 0 aliphatic carbocycles. The number of carbonyl (C=O) groups excluding carboxylic acids is 1. The first-order valence-corrected chi connectivity index (χ1v) is 9.72. The summed E-state index contributed by atoms with van der Waals surface area (Å²) in [5.41, 5.74) is 0.351. The number of nitrogens with one attached hydrogen (secondary N) is 1. The molecule has 0 aliphatic rings. The van der Waals surface area contributed by atoms with Gasteiger partial charge in [0.15, 0.2) is 5.13 Å². The third-order valence-electron chi connectivity index (χ3n) is 3.83. The van der Waals surface area contributed by atoms with E-state index in [-0.39, 0.29) is 5.56 Å². The minimum absolute atomic E-state index is 0.0768. The quantitative estimate of drug-likeness (QED) is 0.456. The van der Waals surface area contributed by atoms with E-state index in [1.165, 1.54) is 17.4 Å². The molecule has 1 N–H and O–H groups in total. The van der Waals surface area contributed by atoms with Gasteiger partial charge in [-0.25, -0.2) is 9.78 Å². The van der Waals surface area contributed by atoms with Gasteiger partial charge in [0.05, 0.1) is 16.8 Å². The molecule has 0 unspecified atom stereocenters. The Hall–Kier alpha value is -2.71. The van der Waals surface area contributed by atoms with Crippen molar-refractivity contribution in [3.05, 3.63) is 62.9 Å². The predicted molar refractivity (Wildman–Crippen MR) is 109 cm³/mol. The number of nitrogens with zero attached hydrogens (tertiary/aromatic N) is 1. The number of ether oxygens (including phenoxy) is 1. The molecule has 0 fully saturated rings. The summed E-state index contributed by atoms with van der Waals surface area (Å²) in [6.07, 6.45) is 0. The average Bonchev–Trinajstić information content (AvgIpc) is 3.02. The molecular weight excluding hydrogens is 432 g/mol. The van der Waals surface area contributed by atoms with Crippen molar-refractivity contribution in [2.45, 2.75) is 6.92 Å². The number of rotatable bonds is 4. The van der Waals surface area contributed by atoms with Crippen molar-refractivity contribution in [3.63, 3.8) is 0 Å². The van der Waals surface area contributed by atoms with E-state index in [2.05, 4.69) is 26.2 Å². The fourth-order valence-electron chi connectivity index (χ4n) is 2.62. The van der Waals surface area contributed by atoms with Gasteiger partial charge in [0.1, 0.15) is 16.9 Å². The number of aromatic nitrogens is 1. The Balaban J connectivity index is 1.65. The molecular formula is C19H13BrN2O4S. The number of halogens is 1. The Kier molecular flexibility index (Phi) is 4.67. The maximum atomic E-state index is 12.6. The van der Waals surface area contributed by atoms with Crippen LogP contribution in [0.1, 0.15) is 17.3 Å². The minimum Gasteiger partial charge on any atom is -0.494 e. The van der Waals surface area contributed by atoms with Crippen LogP contribution in [-0.2, 0) is 0 Å². The zero-order valence-corrected chi connectivity index (χ0v) is 16.5. The van der Waals surface area contributed by atoms with E-state index in [0.29, 0.717) is 28.5 Å². The minimum atomic E-state index is -0.711. The number of hydrogen-bond acceptors (Lipinski definition) is 6.